The van der Waals surface area contributed by atoms with Gasteiger partial charge in [-0.25, -0.2) is 13.1 Å². The molecular formula is C16H26N2O2S. The van der Waals surface area contributed by atoms with Gasteiger partial charge in [0.05, 0.1) is 4.90 Å². The van der Waals surface area contributed by atoms with Gasteiger partial charge in [-0.2, -0.15) is 0 Å². The molecule has 0 spiro atoms. The summed E-state index contributed by atoms with van der Waals surface area (Å²) in [6.45, 7) is 4.09. The van der Waals surface area contributed by atoms with Gasteiger partial charge >= 0.3 is 0 Å². The molecule has 1 aliphatic rings. The maximum Gasteiger partial charge on any atom is 0.240 e. The van der Waals surface area contributed by atoms with Crippen LogP contribution in [0.3, 0.4) is 0 Å². The van der Waals surface area contributed by atoms with Gasteiger partial charge in [-0.05, 0) is 49.8 Å². The minimum absolute atomic E-state index is 0.0545. The third-order valence-electron chi connectivity index (χ3n) is 4.27. The van der Waals surface area contributed by atoms with Gasteiger partial charge in [0.15, 0.2) is 0 Å². The fourth-order valence-electron chi connectivity index (χ4n) is 2.86. The Hall–Kier alpha value is -0.910. The molecule has 0 radical (unpaired) electrons. The average molecular weight is 310 g/mol. The number of hydrogen-bond donors (Lipinski definition) is 2. The van der Waals surface area contributed by atoms with E-state index in [1.54, 1.807) is 18.2 Å². The highest BCUT2D eigenvalue weighted by Gasteiger charge is 2.23. The van der Waals surface area contributed by atoms with Crippen LogP contribution in [0.4, 0.5) is 0 Å². The Labute approximate surface area is 128 Å². The Morgan fingerprint density at radius 1 is 1.24 bits per heavy atom. The van der Waals surface area contributed by atoms with Crippen molar-refractivity contribution in [1.82, 2.24) is 4.72 Å². The molecular weight excluding hydrogens is 284 g/mol. The lowest BCUT2D eigenvalue weighted by Crippen LogP contribution is -2.34. The lowest BCUT2D eigenvalue weighted by Gasteiger charge is -2.17. The first-order valence-electron chi connectivity index (χ1n) is 7.76. The average Bonchev–Trinajstić information content (AvgIpc) is 2.63. The van der Waals surface area contributed by atoms with E-state index >= 15 is 0 Å². The normalized spacial score (nSPS) is 25.3. The molecule has 0 saturated heterocycles. The first-order chi connectivity index (χ1) is 9.88. The molecule has 1 aromatic carbocycles. The van der Waals surface area contributed by atoms with Crippen LogP contribution in [0.25, 0.3) is 0 Å². The largest absolute Gasteiger partial charge is 0.324 e. The predicted molar refractivity (Wildman–Crippen MR) is 85.4 cm³/mol. The zero-order chi connectivity index (χ0) is 15.5. The Kier molecular flexibility index (Phi) is 5.41. The van der Waals surface area contributed by atoms with Gasteiger partial charge in [-0.3, -0.25) is 0 Å². The topological polar surface area (TPSA) is 72.2 Å². The van der Waals surface area contributed by atoms with E-state index in [4.69, 9.17) is 5.73 Å². The van der Waals surface area contributed by atoms with E-state index in [-0.39, 0.29) is 12.1 Å². The van der Waals surface area contributed by atoms with Gasteiger partial charge in [0.2, 0.25) is 10.0 Å². The van der Waals surface area contributed by atoms with Crippen LogP contribution in [0.1, 0.15) is 57.6 Å². The van der Waals surface area contributed by atoms with Crippen LogP contribution >= 0.6 is 0 Å². The van der Waals surface area contributed by atoms with Crippen LogP contribution < -0.4 is 10.5 Å². The van der Waals surface area contributed by atoms with E-state index in [1.165, 1.54) is 6.42 Å². The van der Waals surface area contributed by atoms with Crippen molar-refractivity contribution in [2.75, 3.05) is 0 Å². The first-order valence-corrected chi connectivity index (χ1v) is 9.24. The molecule has 3 unspecified atom stereocenters. The summed E-state index contributed by atoms with van der Waals surface area (Å²) in [7, 11) is -3.46. The van der Waals surface area contributed by atoms with Gasteiger partial charge in [0, 0.05) is 12.1 Å². The summed E-state index contributed by atoms with van der Waals surface area (Å²) in [6.07, 6.45) is 5.23. The fourth-order valence-corrected chi connectivity index (χ4v) is 4.22. The van der Waals surface area contributed by atoms with Crippen molar-refractivity contribution < 1.29 is 8.42 Å². The lowest BCUT2D eigenvalue weighted by atomic mass is 10.0. The van der Waals surface area contributed by atoms with Crippen molar-refractivity contribution in [3.05, 3.63) is 29.8 Å². The summed E-state index contributed by atoms with van der Waals surface area (Å²) in [5.41, 5.74) is 6.67. The van der Waals surface area contributed by atoms with Crippen LogP contribution in [0, 0.1) is 5.92 Å². The molecule has 4 nitrogen and oxygen atoms in total. The van der Waals surface area contributed by atoms with Crippen LogP contribution in [0.5, 0.6) is 0 Å². The second kappa shape index (κ2) is 6.90. The molecule has 1 saturated carbocycles. The number of nitrogens with one attached hydrogen (secondary N) is 1. The molecule has 3 atom stereocenters. The number of benzene rings is 1. The van der Waals surface area contributed by atoms with E-state index in [2.05, 4.69) is 11.6 Å². The number of hydrogen-bond acceptors (Lipinski definition) is 3. The van der Waals surface area contributed by atoms with E-state index in [1.807, 2.05) is 13.0 Å². The molecule has 5 heteroatoms. The molecule has 118 valence electrons. The van der Waals surface area contributed by atoms with Gasteiger partial charge < -0.3 is 5.73 Å². The predicted octanol–water partition coefficient (Wildman–Crippen LogP) is 2.95. The highest BCUT2D eigenvalue weighted by atomic mass is 32.2. The Morgan fingerprint density at radius 3 is 2.71 bits per heavy atom. The standard InChI is InChI=1S/C16H26N2O2S/c1-12-5-3-7-15(10-9-12)18-21(19,20)16-8-4-6-14(11-16)13(2)17/h4,6,8,11-13,15,18H,3,5,7,9-10,17H2,1-2H3. The summed E-state index contributed by atoms with van der Waals surface area (Å²) < 4.78 is 27.9. The summed E-state index contributed by atoms with van der Waals surface area (Å²) in [5, 5.41) is 0. The van der Waals surface area contributed by atoms with E-state index in [0.717, 1.165) is 31.2 Å². The molecule has 21 heavy (non-hydrogen) atoms. The Morgan fingerprint density at radius 2 is 2.00 bits per heavy atom. The van der Waals surface area contributed by atoms with Gasteiger partial charge in [0.25, 0.3) is 0 Å². The Balaban J connectivity index is 2.12. The van der Waals surface area contributed by atoms with E-state index in [9.17, 15) is 8.42 Å². The zero-order valence-electron chi connectivity index (χ0n) is 12.9. The molecule has 1 aliphatic carbocycles. The molecule has 0 heterocycles. The third kappa shape index (κ3) is 4.53. The summed E-state index contributed by atoms with van der Waals surface area (Å²) in [4.78, 5) is 0.314. The smallest absolute Gasteiger partial charge is 0.240 e. The van der Waals surface area contributed by atoms with Crippen molar-refractivity contribution in [2.45, 2.75) is 62.9 Å². The molecule has 1 aromatic rings. The lowest BCUT2D eigenvalue weighted by molar-refractivity contribution is 0.484. The summed E-state index contributed by atoms with van der Waals surface area (Å²) in [6, 6.07) is 6.80. The zero-order valence-corrected chi connectivity index (χ0v) is 13.7. The van der Waals surface area contributed by atoms with Crippen molar-refractivity contribution in [3.63, 3.8) is 0 Å². The molecule has 0 bridgehead atoms. The van der Waals surface area contributed by atoms with Crippen LogP contribution in [-0.4, -0.2) is 14.5 Å². The highest BCUT2D eigenvalue weighted by Crippen LogP contribution is 2.24. The second-order valence-electron chi connectivity index (χ2n) is 6.29. The minimum Gasteiger partial charge on any atom is -0.324 e. The van der Waals surface area contributed by atoms with Crippen molar-refractivity contribution >= 4 is 10.0 Å². The maximum absolute atomic E-state index is 12.5. The molecule has 3 N–H and O–H groups in total. The van der Waals surface area contributed by atoms with Crippen LogP contribution in [-0.2, 0) is 10.0 Å². The minimum atomic E-state index is -3.46. The quantitative estimate of drug-likeness (QED) is 0.840. The van der Waals surface area contributed by atoms with Gasteiger partial charge in [0.1, 0.15) is 0 Å². The maximum atomic E-state index is 12.5. The number of nitrogens with two attached hydrogens (primary N) is 1. The van der Waals surface area contributed by atoms with Crippen molar-refractivity contribution in [2.24, 2.45) is 11.7 Å². The number of rotatable bonds is 4. The fraction of sp³-hybridized carbons (Fsp3) is 0.625. The van der Waals surface area contributed by atoms with E-state index < -0.39 is 10.0 Å². The molecule has 0 amide bonds. The van der Waals surface area contributed by atoms with Crippen molar-refractivity contribution in [3.8, 4) is 0 Å². The monoisotopic (exact) mass is 310 g/mol. The summed E-state index contributed by atoms with van der Waals surface area (Å²) >= 11 is 0. The van der Waals surface area contributed by atoms with Crippen molar-refractivity contribution in [1.29, 1.82) is 0 Å². The van der Waals surface area contributed by atoms with E-state index in [0.29, 0.717) is 10.8 Å². The molecule has 0 aromatic heterocycles. The first kappa shape index (κ1) is 16.5. The van der Waals surface area contributed by atoms with Gasteiger partial charge in [-0.15, -0.1) is 0 Å². The molecule has 2 rings (SSSR count). The van der Waals surface area contributed by atoms with Crippen LogP contribution in [0.2, 0.25) is 0 Å². The van der Waals surface area contributed by atoms with Crippen LogP contribution in [0.15, 0.2) is 29.2 Å². The molecule has 1 fully saturated rings. The molecule has 0 aliphatic heterocycles. The third-order valence-corrected chi connectivity index (χ3v) is 5.79. The Bertz CT molecular complexity index is 569. The SMILES string of the molecule is CC1CCCC(NS(=O)(=O)c2cccc(C(C)N)c2)CC1. The second-order valence-corrected chi connectivity index (χ2v) is 8.01. The number of sulfonamides is 1. The highest BCUT2D eigenvalue weighted by molar-refractivity contribution is 7.89. The van der Waals surface area contributed by atoms with Gasteiger partial charge in [-0.1, -0.05) is 31.9 Å². The summed E-state index contributed by atoms with van der Waals surface area (Å²) in [5.74, 6) is 0.695.